The Kier molecular flexibility index (Phi) is 7.70. The number of rotatable bonds is 8. The lowest BCUT2D eigenvalue weighted by Gasteiger charge is -2.19. The molecule has 2 unspecified atom stereocenters. The molecule has 0 saturated carbocycles. The Morgan fingerprint density at radius 1 is 1.19 bits per heavy atom. The maximum absolute atomic E-state index is 11.7. The van der Waals surface area contributed by atoms with E-state index in [9.17, 15) is 13.2 Å². The number of alkyl halides is 3. The van der Waals surface area contributed by atoms with Gasteiger partial charge >= 0.3 is 6.18 Å². The lowest BCUT2D eigenvalue weighted by molar-refractivity contribution is -0.174. The fraction of sp³-hybridized carbons (Fsp3) is 1.00. The molecule has 3 nitrogen and oxygen atoms in total. The van der Waals surface area contributed by atoms with E-state index in [0.29, 0.717) is 13.0 Å². The van der Waals surface area contributed by atoms with Gasteiger partial charge in [0.25, 0.3) is 0 Å². The van der Waals surface area contributed by atoms with E-state index in [1.54, 1.807) is 7.11 Å². The summed E-state index contributed by atoms with van der Waals surface area (Å²) in [4.78, 5) is 0. The van der Waals surface area contributed by atoms with Gasteiger partial charge in [-0.15, -0.1) is 0 Å². The third-order valence-electron chi connectivity index (χ3n) is 2.37. The molecular formula is C10H20F3NO2. The number of nitrogens with two attached hydrogens (primary N) is 1. The van der Waals surface area contributed by atoms with E-state index in [1.165, 1.54) is 0 Å². The van der Waals surface area contributed by atoms with Gasteiger partial charge in [-0.2, -0.15) is 13.2 Å². The fourth-order valence-corrected chi connectivity index (χ4v) is 1.21. The summed E-state index contributed by atoms with van der Waals surface area (Å²) in [6, 6.07) is -0.150. The third-order valence-corrected chi connectivity index (χ3v) is 2.37. The lowest BCUT2D eigenvalue weighted by atomic mass is 9.97. The smallest absolute Gasteiger partial charge is 0.385 e. The van der Waals surface area contributed by atoms with Crippen LogP contribution in [0.4, 0.5) is 13.2 Å². The van der Waals surface area contributed by atoms with Crippen LogP contribution < -0.4 is 5.73 Å². The van der Waals surface area contributed by atoms with E-state index in [0.717, 1.165) is 6.42 Å². The number of halogens is 3. The molecule has 0 spiro atoms. The molecule has 0 rings (SSSR count). The lowest BCUT2D eigenvalue weighted by Crippen LogP contribution is -2.31. The highest BCUT2D eigenvalue weighted by Crippen LogP contribution is 2.15. The average Bonchev–Trinajstić information content (AvgIpc) is 2.19. The van der Waals surface area contributed by atoms with E-state index in [-0.39, 0.29) is 18.6 Å². The molecule has 0 saturated heterocycles. The Bertz CT molecular complexity index is 176. The summed E-state index contributed by atoms with van der Waals surface area (Å²) in [5.74, 6) is 0.217. The zero-order valence-electron chi connectivity index (χ0n) is 9.72. The molecule has 98 valence electrons. The van der Waals surface area contributed by atoms with Crippen molar-refractivity contribution >= 4 is 0 Å². The number of ether oxygens (including phenoxy) is 2. The van der Waals surface area contributed by atoms with E-state index >= 15 is 0 Å². The first-order valence-electron chi connectivity index (χ1n) is 5.26. The Balaban J connectivity index is 3.53. The predicted octanol–water partition coefficient (Wildman–Crippen LogP) is 1.96. The molecule has 0 aliphatic heterocycles. The molecule has 0 radical (unpaired) electrons. The second-order valence-electron chi connectivity index (χ2n) is 3.88. The molecule has 0 bridgehead atoms. The first-order valence-corrected chi connectivity index (χ1v) is 5.26. The molecule has 0 aromatic heterocycles. The zero-order valence-corrected chi connectivity index (χ0v) is 9.72. The molecule has 0 aromatic rings. The summed E-state index contributed by atoms with van der Waals surface area (Å²) >= 11 is 0. The van der Waals surface area contributed by atoms with Crippen LogP contribution in [0, 0.1) is 5.92 Å². The van der Waals surface area contributed by atoms with Gasteiger partial charge in [0.2, 0.25) is 0 Å². The minimum Gasteiger partial charge on any atom is -0.385 e. The van der Waals surface area contributed by atoms with Gasteiger partial charge in [0.15, 0.2) is 0 Å². The van der Waals surface area contributed by atoms with Crippen LogP contribution in [0.3, 0.4) is 0 Å². The van der Waals surface area contributed by atoms with E-state index < -0.39 is 12.8 Å². The quantitative estimate of drug-likeness (QED) is 0.663. The van der Waals surface area contributed by atoms with Gasteiger partial charge in [0, 0.05) is 26.4 Å². The van der Waals surface area contributed by atoms with Gasteiger partial charge < -0.3 is 15.2 Å². The molecule has 6 heteroatoms. The van der Waals surface area contributed by atoms with E-state index in [2.05, 4.69) is 4.74 Å². The first kappa shape index (κ1) is 15.7. The normalized spacial score (nSPS) is 16.1. The summed E-state index contributed by atoms with van der Waals surface area (Å²) in [5, 5.41) is 0. The Labute approximate surface area is 94.1 Å². The van der Waals surface area contributed by atoms with Crippen molar-refractivity contribution in [1.82, 2.24) is 0 Å². The Morgan fingerprint density at radius 2 is 1.81 bits per heavy atom. The van der Waals surface area contributed by atoms with Crippen LogP contribution in [-0.2, 0) is 9.47 Å². The minimum atomic E-state index is -4.26. The fourth-order valence-electron chi connectivity index (χ4n) is 1.21. The summed E-state index contributed by atoms with van der Waals surface area (Å²) in [5.41, 5.74) is 5.79. The highest BCUT2D eigenvalue weighted by Gasteiger charge is 2.27. The van der Waals surface area contributed by atoms with E-state index in [1.807, 2.05) is 6.92 Å². The van der Waals surface area contributed by atoms with Crippen molar-refractivity contribution in [2.24, 2.45) is 11.7 Å². The maximum Gasteiger partial charge on any atom is 0.411 e. The first-order chi connectivity index (χ1) is 7.37. The van der Waals surface area contributed by atoms with Gasteiger partial charge in [-0.3, -0.25) is 0 Å². The maximum atomic E-state index is 11.7. The summed E-state index contributed by atoms with van der Waals surface area (Å²) in [6.45, 7) is 1.40. The predicted molar refractivity (Wildman–Crippen MR) is 55.1 cm³/mol. The molecule has 16 heavy (non-hydrogen) atoms. The molecule has 2 atom stereocenters. The molecule has 0 aromatic carbocycles. The molecule has 0 heterocycles. The van der Waals surface area contributed by atoms with Gasteiger partial charge in [0.05, 0.1) is 0 Å². The van der Waals surface area contributed by atoms with Crippen molar-refractivity contribution in [2.75, 3.05) is 26.9 Å². The number of hydrogen-bond acceptors (Lipinski definition) is 3. The molecular weight excluding hydrogens is 223 g/mol. The van der Waals surface area contributed by atoms with Crippen molar-refractivity contribution < 1.29 is 22.6 Å². The van der Waals surface area contributed by atoms with Crippen LogP contribution in [0.15, 0.2) is 0 Å². The van der Waals surface area contributed by atoms with Gasteiger partial charge in [0.1, 0.15) is 6.61 Å². The molecule has 0 amide bonds. The SMILES string of the molecule is COCCC(C)C(N)CCOCC(F)(F)F. The van der Waals surface area contributed by atoms with Gasteiger partial charge in [-0.1, -0.05) is 6.92 Å². The van der Waals surface area contributed by atoms with Crippen LogP contribution >= 0.6 is 0 Å². The summed E-state index contributed by atoms with van der Waals surface area (Å²) < 4.78 is 44.6. The average molecular weight is 243 g/mol. The molecule has 0 aliphatic carbocycles. The van der Waals surface area contributed by atoms with Crippen LogP contribution in [0.2, 0.25) is 0 Å². The Hall–Kier alpha value is -0.330. The van der Waals surface area contributed by atoms with E-state index in [4.69, 9.17) is 10.5 Å². The van der Waals surface area contributed by atoms with Crippen LogP contribution in [0.25, 0.3) is 0 Å². The van der Waals surface area contributed by atoms with Gasteiger partial charge in [-0.25, -0.2) is 0 Å². The topological polar surface area (TPSA) is 44.5 Å². The van der Waals surface area contributed by atoms with Crippen molar-refractivity contribution in [3.63, 3.8) is 0 Å². The third kappa shape index (κ3) is 8.94. The van der Waals surface area contributed by atoms with Crippen LogP contribution in [0.5, 0.6) is 0 Å². The van der Waals surface area contributed by atoms with Crippen molar-refractivity contribution in [2.45, 2.75) is 32.0 Å². The molecule has 0 fully saturated rings. The van der Waals surface area contributed by atoms with Crippen LogP contribution in [0.1, 0.15) is 19.8 Å². The highest BCUT2D eigenvalue weighted by atomic mass is 19.4. The van der Waals surface area contributed by atoms with Crippen LogP contribution in [-0.4, -0.2) is 39.1 Å². The largest absolute Gasteiger partial charge is 0.411 e. The molecule has 0 aliphatic rings. The van der Waals surface area contributed by atoms with Gasteiger partial charge in [-0.05, 0) is 18.8 Å². The molecule has 2 N–H and O–H groups in total. The Morgan fingerprint density at radius 3 is 2.31 bits per heavy atom. The van der Waals surface area contributed by atoms with Crippen molar-refractivity contribution in [3.05, 3.63) is 0 Å². The van der Waals surface area contributed by atoms with Crippen molar-refractivity contribution in [3.8, 4) is 0 Å². The van der Waals surface area contributed by atoms with Crippen molar-refractivity contribution in [1.29, 1.82) is 0 Å². The zero-order chi connectivity index (χ0) is 12.6. The summed E-state index contributed by atoms with van der Waals surface area (Å²) in [6.07, 6.45) is -3.02. The number of methoxy groups -OCH3 is 1. The standard InChI is InChI=1S/C10H20F3NO2/c1-8(3-5-15-2)9(14)4-6-16-7-10(11,12)13/h8-9H,3-7,14H2,1-2H3. The summed E-state index contributed by atoms with van der Waals surface area (Å²) in [7, 11) is 1.60. The monoisotopic (exact) mass is 243 g/mol. The minimum absolute atomic E-state index is 0.0397. The second-order valence-corrected chi connectivity index (χ2v) is 3.88. The highest BCUT2D eigenvalue weighted by molar-refractivity contribution is 4.68. The second kappa shape index (κ2) is 7.86. The number of hydrogen-bond donors (Lipinski definition) is 1.